The van der Waals surface area contributed by atoms with Crippen molar-refractivity contribution in [2.24, 2.45) is 0 Å². The van der Waals surface area contributed by atoms with Crippen molar-refractivity contribution in [3.63, 3.8) is 0 Å². The number of hydrogen-bond acceptors (Lipinski definition) is 9. The predicted octanol–water partition coefficient (Wildman–Crippen LogP) is 12.8. The molecule has 2 unspecified atom stereocenters. The Bertz CT molecular complexity index is 1020. The summed E-state index contributed by atoms with van der Waals surface area (Å²) in [6.07, 6.45) is 44.2. The van der Waals surface area contributed by atoms with Crippen molar-refractivity contribution in [3.8, 4) is 0 Å². The molecule has 0 aromatic heterocycles. The van der Waals surface area contributed by atoms with Gasteiger partial charge in [-0.05, 0) is 12.8 Å². The summed E-state index contributed by atoms with van der Waals surface area (Å²) in [6, 6.07) is -0.986. The van der Waals surface area contributed by atoms with Gasteiger partial charge in [-0.1, -0.05) is 271 Å². The SMILES string of the molecule is CCCCCCCCCCCCCCCCCCCCCCCCCCCCCCC(=O)N[C@@H](CO[C@@H]1O[C@H](CO)[C@@H](O)C(O)C1O)[C@H](O)[C@H](O)CCCCCCCCCCCCCCC. The minimum atomic E-state index is -1.60. The Morgan fingerprint density at radius 2 is 0.788 bits per heavy atom. The highest BCUT2D eigenvalue weighted by atomic mass is 16.7. The summed E-state index contributed by atoms with van der Waals surface area (Å²) in [5.41, 5.74) is 0. The van der Waals surface area contributed by atoms with E-state index in [4.69, 9.17) is 9.47 Å². The van der Waals surface area contributed by atoms with E-state index in [-0.39, 0.29) is 18.9 Å². The second-order valence-corrected chi connectivity index (χ2v) is 20.6. The second kappa shape index (κ2) is 46.5. The molecule has 8 atom stereocenters. The molecule has 10 nitrogen and oxygen atoms in total. The van der Waals surface area contributed by atoms with Gasteiger partial charge in [-0.2, -0.15) is 0 Å². The molecule has 0 aromatic rings. The summed E-state index contributed by atoms with van der Waals surface area (Å²) in [4.78, 5) is 13.1. The summed E-state index contributed by atoms with van der Waals surface area (Å²) >= 11 is 0. The number of rotatable bonds is 50. The van der Waals surface area contributed by atoms with E-state index in [9.17, 15) is 35.4 Å². The first-order chi connectivity index (χ1) is 32.3. The zero-order valence-electron chi connectivity index (χ0n) is 43.3. The van der Waals surface area contributed by atoms with Crippen LogP contribution < -0.4 is 5.32 Å². The Hall–Kier alpha value is -0.850. The number of amides is 1. The number of nitrogens with one attached hydrogen (secondary N) is 1. The number of carbonyl (C=O) groups is 1. The maximum absolute atomic E-state index is 13.1. The van der Waals surface area contributed by atoms with Crippen LogP contribution in [-0.4, -0.2) is 98.7 Å². The molecule has 394 valence electrons. The van der Waals surface area contributed by atoms with Crippen LogP contribution in [0, 0.1) is 0 Å². The maximum Gasteiger partial charge on any atom is 0.220 e. The Morgan fingerprint density at radius 3 is 1.12 bits per heavy atom. The van der Waals surface area contributed by atoms with Crippen LogP contribution in [0.2, 0.25) is 0 Å². The van der Waals surface area contributed by atoms with Crippen molar-refractivity contribution in [2.75, 3.05) is 13.2 Å². The van der Waals surface area contributed by atoms with Crippen LogP contribution >= 0.6 is 0 Å². The highest BCUT2D eigenvalue weighted by Crippen LogP contribution is 2.24. The van der Waals surface area contributed by atoms with Crippen molar-refractivity contribution in [1.29, 1.82) is 0 Å². The van der Waals surface area contributed by atoms with E-state index >= 15 is 0 Å². The van der Waals surface area contributed by atoms with E-state index in [1.807, 2.05) is 0 Å². The first kappa shape index (κ1) is 63.2. The molecular weight excluding hydrogens is 831 g/mol. The molecule has 1 heterocycles. The van der Waals surface area contributed by atoms with Gasteiger partial charge in [0.25, 0.3) is 0 Å². The fraction of sp³-hybridized carbons (Fsp3) is 0.982. The fourth-order valence-corrected chi connectivity index (χ4v) is 9.67. The third kappa shape index (κ3) is 35.3. The van der Waals surface area contributed by atoms with Crippen LogP contribution in [0.1, 0.15) is 290 Å². The molecule has 0 radical (unpaired) electrons. The topological polar surface area (TPSA) is 169 Å². The molecule has 7 N–H and O–H groups in total. The minimum absolute atomic E-state index is 0.251. The molecule has 1 amide bonds. The van der Waals surface area contributed by atoms with Crippen LogP contribution in [0.25, 0.3) is 0 Å². The lowest BCUT2D eigenvalue weighted by Crippen LogP contribution is -2.60. The molecule has 1 saturated heterocycles. The lowest BCUT2D eigenvalue weighted by Gasteiger charge is -2.40. The molecule has 1 rings (SSSR count). The lowest BCUT2D eigenvalue weighted by molar-refractivity contribution is -0.303. The van der Waals surface area contributed by atoms with Gasteiger partial charge in [-0.15, -0.1) is 0 Å². The number of aliphatic hydroxyl groups excluding tert-OH is 6. The monoisotopic (exact) mass is 942 g/mol. The van der Waals surface area contributed by atoms with Crippen LogP contribution in [0.15, 0.2) is 0 Å². The van der Waals surface area contributed by atoms with Crippen molar-refractivity contribution in [3.05, 3.63) is 0 Å². The number of aliphatic hydroxyl groups is 6. The average molecular weight is 943 g/mol. The zero-order chi connectivity index (χ0) is 48.1. The number of unbranched alkanes of at least 4 members (excludes halogenated alkanes) is 39. The summed E-state index contributed by atoms with van der Waals surface area (Å²) < 4.78 is 11.2. The van der Waals surface area contributed by atoms with Gasteiger partial charge in [0.2, 0.25) is 5.91 Å². The first-order valence-electron chi connectivity index (χ1n) is 28.8. The fourth-order valence-electron chi connectivity index (χ4n) is 9.67. The molecule has 1 fully saturated rings. The van der Waals surface area contributed by atoms with Crippen LogP contribution in [0.5, 0.6) is 0 Å². The summed E-state index contributed by atoms with van der Waals surface area (Å²) in [5.74, 6) is -0.251. The number of hydrogen-bond donors (Lipinski definition) is 7. The van der Waals surface area contributed by atoms with Gasteiger partial charge in [0.1, 0.15) is 30.5 Å². The van der Waals surface area contributed by atoms with E-state index in [0.29, 0.717) is 6.42 Å². The molecule has 0 aliphatic carbocycles. The Kier molecular flexibility index (Phi) is 44.5. The van der Waals surface area contributed by atoms with Crippen molar-refractivity contribution < 1.29 is 44.9 Å². The maximum atomic E-state index is 13.1. The molecule has 66 heavy (non-hydrogen) atoms. The van der Waals surface area contributed by atoms with E-state index in [1.165, 1.54) is 225 Å². The second-order valence-electron chi connectivity index (χ2n) is 20.6. The van der Waals surface area contributed by atoms with Crippen molar-refractivity contribution in [1.82, 2.24) is 5.32 Å². The van der Waals surface area contributed by atoms with E-state index in [2.05, 4.69) is 19.2 Å². The Labute approximate surface area is 407 Å². The molecule has 0 saturated carbocycles. The highest BCUT2D eigenvalue weighted by Gasteiger charge is 2.44. The van der Waals surface area contributed by atoms with Crippen LogP contribution in [-0.2, 0) is 14.3 Å². The van der Waals surface area contributed by atoms with Gasteiger partial charge < -0.3 is 45.4 Å². The normalized spacial score (nSPS) is 20.2. The van der Waals surface area contributed by atoms with Crippen LogP contribution in [0.3, 0.4) is 0 Å². The molecule has 10 heteroatoms. The van der Waals surface area contributed by atoms with Crippen molar-refractivity contribution >= 4 is 5.91 Å². The molecule has 1 aliphatic rings. The van der Waals surface area contributed by atoms with Crippen molar-refractivity contribution in [2.45, 2.75) is 339 Å². The molecule has 0 aromatic carbocycles. The Morgan fingerprint density at radius 1 is 0.470 bits per heavy atom. The summed E-state index contributed by atoms with van der Waals surface area (Å²) in [5, 5.41) is 65.4. The summed E-state index contributed by atoms with van der Waals surface area (Å²) in [7, 11) is 0. The number of carbonyl (C=O) groups excluding carboxylic acids is 1. The van der Waals surface area contributed by atoms with Gasteiger partial charge in [0.05, 0.1) is 25.4 Å². The third-order valence-corrected chi connectivity index (χ3v) is 14.3. The Balaban J connectivity index is 2.18. The largest absolute Gasteiger partial charge is 0.394 e. The number of ether oxygens (including phenoxy) is 2. The first-order valence-corrected chi connectivity index (χ1v) is 28.8. The average Bonchev–Trinajstić information content (AvgIpc) is 3.32. The van der Waals surface area contributed by atoms with E-state index in [0.717, 1.165) is 38.5 Å². The van der Waals surface area contributed by atoms with E-state index in [1.54, 1.807) is 0 Å². The summed E-state index contributed by atoms with van der Waals surface area (Å²) in [6.45, 7) is 3.65. The minimum Gasteiger partial charge on any atom is -0.394 e. The smallest absolute Gasteiger partial charge is 0.220 e. The molecule has 1 aliphatic heterocycles. The highest BCUT2D eigenvalue weighted by molar-refractivity contribution is 5.76. The molecular formula is C56H111NO9. The quantitative estimate of drug-likeness (QED) is 0.0294. The lowest BCUT2D eigenvalue weighted by atomic mass is 9.98. The van der Waals surface area contributed by atoms with Gasteiger partial charge in [0.15, 0.2) is 6.29 Å². The van der Waals surface area contributed by atoms with E-state index < -0.39 is 55.6 Å². The van der Waals surface area contributed by atoms with Gasteiger partial charge >= 0.3 is 0 Å². The van der Waals surface area contributed by atoms with Gasteiger partial charge in [-0.3, -0.25) is 4.79 Å². The van der Waals surface area contributed by atoms with Crippen LogP contribution in [0.4, 0.5) is 0 Å². The molecule has 0 spiro atoms. The predicted molar refractivity (Wildman–Crippen MR) is 274 cm³/mol. The van der Waals surface area contributed by atoms with Gasteiger partial charge in [-0.25, -0.2) is 0 Å². The third-order valence-electron chi connectivity index (χ3n) is 14.3. The zero-order valence-corrected chi connectivity index (χ0v) is 43.3. The van der Waals surface area contributed by atoms with Gasteiger partial charge in [0, 0.05) is 6.42 Å². The standard InChI is InChI=1S/C56H111NO9/c1-3-5-7-9-11-13-15-17-18-19-20-21-22-23-24-25-26-27-28-29-30-31-33-35-37-39-41-43-45-51(60)57-48(47-65-56-55(64)54(63)53(62)50(46-58)66-56)52(61)49(59)44-42-40-38-36-34-32-16-14-12-10-8-6-4-2/h48-50,52-56,58-59,61-64H,3-47H2,1-2H3,(H,57,60)/t48-,49+,50+,52-,53+,54?,55?,56+/m0/s1. The molecule has 0 bridgehead atoms.